The van der Waals surface area contributed by atoms with Gasteiger partial charge in [-0.2, -0.15) is 5.10 Å². The Balaban J connectivity index is 1.76. The van der Waals surface area contributed by atoms with Crippen molar-refractivity contribution in [2.24, 2.45) is 7.05 Å². The number of aryl methyl sites for hydroxylation is 3. The number of rotatable bonds is 6. The Bertz CT molecular complexity index is 1080. The van der Waals surface area contributed by atoms with E-state index in [4.69, 9.17) is 0 Å². The third-order valence-corrected chi connectivity index (χ3v) is 6.79. The lowest BCUT2D eigenvalue weighted by Crippen LogP contribution is -2.23. The van der Waals surface area contributed by atoms with Crippen LogP contribution in [0.5, 0.6) is 0 Å². The van der Waals surface area contributed by atoms with Crippen LogP contribution in [0.4, 0.5) is 5.69 Å². The molecule has 9 heteroatoms. The van der Waals surface area contributed by atoms with Crippen LogP contribution in [0.15, 0.2) is 46.9 Å². The van der Waals surface area contributed by atoms with Gasteiger partial charge in [0.05, 0.1) is 11.9 Å². The Hall–Kier alpha value is -2.65. The Labute approximate surface area is 162 Å². The molecule has 0 unspecified atom stereocenters. The summed E-state index contributed by atoms with van der Waals surface area (Å²) in [6.45, 7) is 3.98. The molecule has 0 aliphatic heterocycles. The van der Waals surface area contributed by atoms with Gasteiger partial charge in [-0.15, -0.1) is 11.3 Å². The highest BCUT2D eigenvalue weighted by Gasteiger charge is 2.18. The van der Waals surface area contributed by atoms with Crippen LogP contribution in [0.2, 0.25) is 0 Å². The topological polar surface area (TPSA) is 93.1 Å². The minimum Gasteiger partial charge on any atom is -0.348 e. The molecule has 2 N–H and O–H groups in total. The number of anilines is 1. The first-order valence-electron chi connectivity index (χ1n) is 8.20. The van der Waals surface area contributed by atoms with Crippen molar-refractivity contribution in [1.29, 1.82) is 0 Å². The number of nitrogens with zero attached hydrogens (tertiary/aromatic N) is 2. The van der Waals surface area contributed by atoms with Crippen LogP contribution in [0.3, 0.4) is 0 Å². The number of carbonyl (C=O) groups is 1. The van der Waals surface area contributed by atoms with E-state index in [1.807, 2.05) is 13.1 Å². The van der Waals surface area contributed by atoms with Crippen molar-refractivity contribution in [3.63, 3.8) is 0 Å². The lowest BCUT2D eigenvalue weighted by molar-refractivity contribution is 0.0951. The second-order valence-corrected chi connectivity index (χ2v) is 9.40. The molecule has 3 rings (SSSR count). The van der Waals surface area contributed by atoms with Crippen molar-refractivity contribution in [1.82, 2.24) is 15.1 Å². The fraction of sp³-hybridized carbons (Fsp3) is 0.222. The summed E-state index contributed by atoms with van der Waals surface area (Å²) in [6.07, 6.45) is 3.50. The number of hydrogen-bond acceptors (Lipinski definition) is 5. The molecular formula is C18H20N4O3S2. The molecule has 0 saturated heterocycles. The zero-order valence-corrected chi connectivity index (χ0v) is 16.8. The van der Waals surface area contributed by atoms with Crippen molar-refractivity contribution in [2.75, 3.05) is 4.72 Å². The Kier molecular flexibility index (Phi) is 5.33. The van der Waals surface area contributed by atoms with Gasteiger partial charge >= 0.3 is 0 Å². The molecule has 0 saturated carbocycles. The number of benzene rings is 1. The van der Waals surface area contributed by atoms with E-state index in [2.05, 4.69) is 15.1 Å². The summed E-state index contributed by atoms with van der Waals surface area (Å²) in [5.41, 5.74) is 2.38. The second-order valence-electron chi connectivity index (χ2n) is 6.21. The molecule has 1 aromatic carbocycles. The quantitative estimate of drug-likeness (QED) is 0.661. The summed E-state index contributed by atoms with van der Waals surface area (Å²) < 4.78 is 29.6. The number of sulfonamides is 1. The zero-order chi connectivity index (χ0) is 19.6. The van der Waals surface area contributed by atoms with Crippen molar-refractivity contribution in [3.8, 4) is 0 Å². The minimum atomic E-state index is -3.68. The molecule has 0 fully saturated rings. The van der Waals surface area contributed by atoms with Crippen LogP contribution < -0.4 is 10.0 Å². The maximum absolute atomic E-state index is 12.6. The molecule has 0 radical (unpaired) electrons. The number of hydrogen-bond donors (Lipinski definition) is 2. The molecule has 3 aromatic rings. The van der Waals surface area contributed by atoms with Gasteiger partial charge in [-0.05, 0) is 43.7 Å². The Morgan fingerprint density at radius 1 is 1.22 bits per heavy atom. The van der Waals surface area contributed by atoms with Gasteiger partial charge in [0.1, 0.15) is 4.21 Å². The second kappa shape index (κ2) is 7.53. The summed E-state index contributed by atoms with van der Waals surface area (Å²) >= 11 is 1.20. The molecule has 0 bridgehead atoms. The molecular weight excluding hydrogens is 384 g/mol. The highest BCUT2D eigenvalue weighted by molar-refractivity contribution is 7.94. The maximum atomic E-state index is 12.6. The van der Waals surface area contributed by atoms with Gasteiger partial charge in [0, 0.05) is 35.8 Å². The molecule has 2 aromatic heterocycles. The van der Waals surface area contributed by atoms with Gasteiger partial charge in [0.2, 0.25) is 0 Å². The van der Waals surface area contributed by atoms with Crippen molar-refractivity contribution < 1.29 is 13.2 Å². The van der Waals surface area contributed by atoms with E-state index in [1.54, 1.807) is 55.2 Å². The number of nitrogens with one attached hydrogen (secondary N) is 2. The fourth-order valence-corrected chi connectivity index (χ4v) is 4.88. The summed E-state index contributed by atoms with van der Waals surface area (Å²) in [4.78, 5) is 13.3. The maximum Gasteiger partial charge on any atom is 0.271 e. The monoisotopic (exact) mass is 404 g/mol. The predicted molar refractivity (Wildman–Crippen MR) is 105 cm³/mol. The third kappa shape index (κ3) is 4.55. The van der Waals surface area contributed by atoms with E-state index in [0.29, 0.717) is 17.8 Å². The van der Waals surface area contributed by atoms with E-state index in [-0.39, 0.29) is 10.1 Å². The molecule has 7 nitrogen and oxygen atoms in total. The number of carbonyl (C=O) groups excluding carboxylic acids is 1. The SMILES string of the molecule is Cc1ccc(S(=O)(=O)Nc2cc(C(=O)NCc3cnn(C)c3)ccc2C)s1. The van der Waals surface area contributed by atoms with Gasteiger partial charge in [-0.1, -0.05) is 6.07 Å². The third-order valence-electron chi connectivity index (χ3n) is 3.94. The molecule has 142 valence electrons. The van der Waals surface area contributed by atoms with E-state index in [9.17, 15) is 13.2 Å². The normalized spacial score (nSPS) is 11.4. The average molecular weight is 405 g/mol. The van der Waals surface area contributed by atoms with Crippen LogP contribution in [-0.2, 0) is 23.6 Å². The van der Waals surface area contributed by atoms with Gasteiger partial charge in [0.15, 0.2) is 0 Å². The van der Waals surface area contributed by atoms with E-state index in [1.165, 1.54) is 11.3 Å². The molecule has 0 aliphatic rings. The van der Waals surface area contributed by atoms with Crippen molar-refractivity contribution >= 4 is 33.0 Å². The number of thiophene rings is 1. The van der Waals surface area contributed by atoms with Crippen LogP contribution in [0.1, 0.15) is 26.4 Å². The fourth-order valence-electron chi connectivity index (χ4n) is 2.47. The smallest absolute Gasteiger partial charge is 0.271 e. The summed E-state index contributed by atoms with van der Waals surface area (Å²) in [5.74, 6) is -0.286. The van der Waals surface area contributed by atoms with E-state index in [0.717, 1.165) is 16.0 Å². The van der Waals surface area contributed by atoms with Crippen LogP contribution in [0.25, 0.3) is 0 Å². The average Bonchev–Trinajstić information content (AvgIpc) is 3.23. The first kappa shape index (κ1) is 19.1. The van der Waals surface area contributed by atoms with Crippen LogP contribution in [-0.4, -0.2) is 24.1 Å². The number of amides is 1. The van der Waals surface area contributed by atoms with Crippen LogP contribution >= 0.6 is 11.3 Å². The first-order valence-corrected chi connectivity index (χ1v) is 10.5. The Morgan fingerprint density at radius 2 is 2.00 bits per heavy atom. The predicted octanol–water partition coefficient (Wildman–Crippen LogP) is 2.83. The zero-order valence-electron chi connectivity index (χ0n) is 15.2. The van der Waals surface area contributed by atoms with Crippen molar-refractivity contribution in [2.45, 2.75) is 24.6 Å². The molecule has 1 amide bonds. The largest absolute Gasteiger partial charge is 0.348 e. The molecule has 0 atom stereocenters. The summed E-state index contributed by atoms with van der Waals surface area (Å²) in [7, 11) is -1.88. The molecule has 0 aliphatic carbocycles. The van der Waals surface area contributed by atoms with Gasteiger partial charge in [-0.3, -0.25) is 14.2 Å². The number of aromatic nitrogens is 2. The van der Waals surface area contributed by atoms with Gasteiger partial charge < -0.3 is 5.32 Å². The molecule has 27 heavy (non-hydrogen) atoms. The molecule has 0 spiro atoms. The standard InChI is InChI=1S/C18H20N4O3S2/c1-12-4-6-15(18(23)19-9-14-10-20-22(3)11-14)8-16(12)21-27(24,25)17-7-5-13(2)26-17/h4-8,10-11,21H,9H2,1-3H3,(H,19,23). The molecule has 2 heterocycles. The first-order chi connectivity index (χ1) is 12.7. The highest BCUT2D eigenvalue weighted by Crippen LogP contribution is 2.25. The van der Waals surface area contributed by atoms with Gasteiger partial charge in [0.25, 0.3) is 15.9 Å². The van der Waals surface area contributed by atoms with Crippen molar-refractivity contribution in [3.05, 3.63) is 64.3 Å². The van der Waals surface area contributed by atoms with E-state index >= 15 is 0 Å². The summed E-state index contributed by atoms with van der Waals surface area (Å²) in [5, 5.41) is 6.86. The van der Waals surface area contributed by atoms with Gasteiger partial charge in [-0.25, -0.2) is 8.42 Å². The highest BCUT2D eigenvalue weighted by atomic mass is 32.2. The minimum absolute atomic E-state index is 0.242. The van der Waals surface area contributed by atoms with E-state index < -0.39 is 10.0 Å². The lowest BCUT2D eigenvalue weighted by Gasteiger charge is -2.11. The lowest BCUT2D eigenvalue weighted by atomic mass is 10.1. The Morgan fingerprint density at radius 3 is 2.63 bits per heavy atom. The van der Waals surface area contributed by atoms with Crippen LogP contribution in [0, 0.1) is 13.8 Å². The summed E-state index contributed by atoms with van der Waals surface area (Å²) in [6, 6.07) is 8.26.